The molecule has 3 N–H and O–H groups in total. The van der Waals surface area contributed by atoms with Gasteiger partial charge in [-0.1, -0.05) is 6.42 Å². The first-order valence-electron chi connectivity index (χ1n) is 6.49. The van der Waals surface area contributed by atoms with Gasteiger partial charge in [-0.3, -0.25) is 0 Å². The van der Waals surface area contributed by atoms with Crippen LogP contribution in [0.1, 0.15) is 36.5 Å². The lowest BCUT2D eigenvalue weighted by Crippen LogP contribution is -2.33. The van der Waals surface area contributed by atoms with Crippen LogP contribution < -0.4 is 10.6 Å². The number of hydrogen-bond acceptors (Lipinski definition) is 3. The Morgan fingerprint density at radius 2 is 2.22 bits per heavy atom. The van der Waals surface area contributed by atoms with Gasteiger partial charge >= 0.3 is 5.97 Å². The molecule has 0 amide bonds. The summed E-state index contributed by atoms with van der Waals surface area (Å²) >= 11 is 0. The predicted molar refractivity (Wildman–Crippen MR) is 73.0 cm³/mol. The molecule has 1 aromatic carbocycles. The van der Waals surface area contributed by atoms with Gasteiger partial charge in [0.25, 0.3) is 0 Å². The van der Waals surface area contributed by atoms with Gasteiger partial charge < -0.3 is 15.7 Å². The lowest BCUT2D eigenvalue weighted by atomic mass is 9.85. The van der Waals surface area contributed by atoms with Gasteiger partial charge in [0, 0.05) is 18.8 Å². The van der Waals surface area contributed by atoms with Crippen LogP contribution in [0.15, 0.2) is 18.2 Å². The van der Waals surface area contributed by atoms with Gasteiger partial charge in [-0.25, -0.2) is 4.79 Å². The topological polar surface area (TPSA) is 66.6 Å². The Hall–Kier alpha value is -1.71. The van der Waals surface area contributed by atoms with Crippen molar-refractivity contribution in [2.45, 2.75) is 26.2 Å². The van der Waals surface area contributed by atoms with Crippen LogP contribution in [0.25, 0.3) is 0 Å². The molecule has 0 spiro atoms. The molecule has 0 saturated heterocycles. The van der Waals surface area contributed by atoms with Crippen molar-refractivity contribution in [3.05, 3.63) is 23.8 Å². The number of rotatable bonds is 5. The van der Waals surface area contributed by atoms with Crippen molar-refractivity contribution >= 4 is 17.3 Å². The second kappa shape index (κ2) is 5.29. The van der Waals surface area contributed by atoms with Crippen molar-refractivity contribution in [2.24, 2.45) is 5.92 Å². The summed E-state index contributed by atoms with van der Waals surface area (Å²) < 4.78 is 0. The van der Waals surface area contributed by atoms with Crippen LogP contribution >= 0.6 is 0 Å². The number of nitrogens with two attached hydrogens (primary N) is 1. The zero-order valence-corrected chi connectivity index (χ0v) is 10.7. The maximum absolute atomic E-state index is 11.3. The van der Waals surface area contributed by atoms with E-state index in [0.29, 0.717) is 17.2 Å². The zero-order chi connectivity index (χ0) is 13.1. The van der Waals surface area contributed by atoms with E-state index in [4.69, 9.17) is 5.73 Å². The molecule has 1 fully saturated rings. The lowest BCUT2D eigenvalue weighted by Gasteiger charge is -2.33. The normalized spacial score (nSPS) is 15.2. The molecule has 0 bridgehead atoms. The van der Waals surface area contributed by atoms with Gasteiger partial charge in [0.2, 0.25) is 0 Å². The molecule has 0 aliphatic heterocycles. The number of aromatic carboxylic acids is 1. The fraction of sp³-hybridized carbons (Fsp3) is 0.500. The minimum atomic E-state index is -0.892. The van der Waals surface area contributed by atoms with Crippen molar-refractivity contribution in [3.63, 3.8) is 0 Å². The van der Waals surface area contributed by atoms with E-state index in [2.05, 4.69) is 4.90 Å². The van der Waals surface area contributed by atoms with Crippen molar-refractivity contribution in [1.29, 1.82) is 0 Å². The molecule has 0 atom stereocenters. The van der Waals surface area contributed by atoms with E-state index in [1.54, 1.807) is 18.2 Å². The maximum Gasteiger partial charge on any atom is 0.337 e. The first-order chi connectivity index (χ1) is 8.61. The summed E-state index contributed by atoms with van der Waals surface area (Å²) in [4.78, 5) is 13.4. The second-order valence-electron chi connectivity index (χ2n) is 4.92. The van der Waals surface area contributed by atoms with Gasteiger partial charge in [0.1, 0.15) is 0 Å². The number of benzene rings is 1. The number of hydrogen-bond donors (Lipinski definition) is 2. The number of carbonyl (C=O) groups is 1. The summed E-state index contributed by atoms with van der Waals surface area (Å²) in [6.45, 7) is 3.79. The number of carboxylic acids is 1. The Bertz CT molecular complexity index is 441. The van der Waals surface area contributed by atoms with Gasteiger partial charge in [-0.2, -0.15) is 0 Å². The van der Waals surface area contributed by atoms with E-state index in [1.165, 1.54) is 19.3 Å². The van der Waals surface area contributed by atoms with Crippen LogP contribution in [-0.4, -0.2) is 24.2 Å². The molecule has 1 aliphatic rings. The zero-order valence-electron chi connectivity index (χ0n) is 10.7. The van der Waals surface area contributed by atoms with E-state index >= 15 is 0 Å². The smallest absolute Gasteiger partial charge is 0.337 e. The molecule has 1 aliphatic carbocycles. The Balaban J connectivity index is 2.26. The molecule has 4 heteroatoms. The highest BCUT2D eigenvalue weighted by atomic mass is 16.4. The molecule has 1 saturated carbocycles. The molecule has 2 rings (SSSR count). The van der Waals surface area contributed by atoms with Gasteiger partial charge in [0.15, 0.2) is 0 Å². The van der Waals surface area contributed by atoms with Gasteiger partial charge in [0.05, 0.1) is 11.3 Å². The Morgan fingerprint density at radius 3 is 2.72 bits per heavy atom. The number of nitrogen functional groups attached to an aromatic ring is 1. The molecule has 0 radical (unpaired) electrons. The van der Waals surface area contributed by atoms with Gasteiger partial charge in [-0.05, 0) is 43.9 Å². The van der Waals surface area contributed by atoms with Crippen LogP contribution in [0.4, 0.5) is 11.4 Å². The number of anilines is 2. The van der Waals surface area contributed by atoms with Crippen molar-refractivity contribution < 1.29 is 9.90 Å². The van der Waals surface area contributed by atoms with Crippen LogP contribution in [0.5, 0.6) is 0 Å². The third-order valence-electron chi connectivity index (χ3n) is 3.68. The molecule has 18 heavy (non-hydrogen) atoms. The van der Waals surface area contributed by atoms with Crippen molar-refractivity contribution in [2.75, 3.05) is 23.7 Å². The van der Waals surface area contributed by atoms with E-state index in [-0.39, 0.29) is 0 Å². The Kier molecular flexibility index (Phi) is 3.75. The first kappa shape index (κ1) is 12.7. The third kappa shape index (κ3) is 2.58. The van der Waals surface area contributed by atoms with E-state index in [9.17, 15) is 9.90 Å². The average Bonchev–Trinajstić information content (AvgIpc) is 2.27. The van der Waals surface area contributed by atoms with Gasteiger partial charge in [-0.15, -0.1) is 0 Å². The van der Waals surface area contributed by atoms with Crippen LogP contribution in [0.2, 0.25) is 0 Å². The predicted octanol–water partition coefficient (Wildman–Crippen LogP) is 2.59. The number of nitrogens with zero attached hydrogens (tertiary/aromatic N) is 1. The lowest BCUT2D eigenvalue weighted by molar-refractivity contribution is 0.0697. The highest BCUT2D eigenvalue weighted by Crippen LogP contribution is 2.31. The number of carboxylic acid groups (broad SMARTS) is 1. The summed E-state index contributed by atoms with van der Waals surface area (Å²) in [6, 6.07) is 5.01. The first-order valence-corrected chi connectivity index (χ1v) is 6.49. The molecule has 0 heterocycles. The highest BCUT2D eigenvalue weighted by molar-refractivity contribution is 5.95. The molecular formula is C14H20N2O2. The van der Waals surface area contributed by atoms with Crippen LogP contribution in [-0.2, 0) is 0 Å². The third-order valence-corrected chi connectivity index (χ3v) is 3.68. The second-order valence-corrected chi connectivity index (χ2v) is 4.92. The van der Waals surface area contributed by atoms with Crippen molar-refractivity contribution in [1.82, 2.24) is 0 Å². The quantitative estimate of drug-likeness (QED) is 0.786. The van der Waals surface area contributed by atoms with Crippen LogP contribution in [0.3, 0.4) is 0 Å². The fourth-order valence-corrected chi connectivity index (χ4v) is 2.38. The minimum absolute atomic E-state index is 0.338. The average molecular weight is 248 g/mol. The summed E-state index contributed by atoms with van der Waals surface area (Å²) in [5.41, 5.74) is 7.48. The molecular weight excluding hydrogens is 228 g/mol. The summed E-state index contributed by atoms with van der Waals surface area (Å²) in [5, 5.41) is 9.24. The van der Waals surface area contributed by atoms with Crippen molar-refractivity contribution in [3.8, 4) is 0 Å². The summed E-state index contributed by atoms with van der Waals surface area (Å²) in [5.74, 6) is -0.190. The van der Waals surface area contributed by atoms with E-state index in [1.807, 2.05) is 6.92 Å². The Morgan fingerprint density at radius 1 is 1.50 bits per heavy atom. The maximum atomic E-state index is 11.3. The standard InChI is InChI=1S/C14H20N2O2/c1-2-16(9-10-4-3-5-10)13-8-11(15)6-7-12(13)14(17)18/h6-8,10H,2-5,9,15H2,1H3,(H,17,18). The highest BCUT2D eigenvalue weighted by Gasteiger charge is 2.22. The summed E-state index contributed by atoms with van der Waals surface area (Å²) in [7, 11) is 0. The van der Waals surface area contributed by atoms with Crippen LogP contribution in [0, 0.1) is 5.92 Å². The molecule has 4 nitrogen and oxygen atoms in total. The Labute approximate surface area is 107 Å². The fourth-order valence-electron chi connectivity index (χ4n) is 2.38. The van der Waals surface area contributed by atoms with E-state index in [0.717, 1.165) is 18.8 Å². The molecule has 98 valence electrons. The minimum Gasteiger partial charge on any atom is -0.478 e. The summed E-state index contributed by atoms with van der Waals surface area (Å²) in [6.07, 6.45) is 3.80. The SMILES string of the molecule is CCN(CC1CCC1)c1cc(N)ccc1C(=O)O. The molecule has 1 aromatic rings. The van der Waals surface area contributed by atoms with E-state index < -0.39 is 5.97 Å². The molecule has 0 unspecified atom stereocenters. The monoisotopic (exact) mass is 248 g/mol. The molecule has 0 aromatic heterocycles. The largest absolute Gasteiger partial charge is 0.478 e.